The van der Waals surface area contributed by atoms with Gasteiger partial charge in [-0.25, -0.2) is 12.8 Å². The summed E-state index contributed by atoms with van der Waals surface area (Å²) in [5, 5.41) is 0. The minimum atomic E-state index is -3.59. The molecule has 1 fully saturated rings. The van der Waals surface area contributed by atoms with Crippen LogP contribution in [0.5, 0.6) is 0 Å². The molecule has 2 heterocycles. The number of sulfonamides is 1. The number of nitrogens with zero attached hydrogens (tertiary/aromatic N) is 3. The number of alkyl halides is 1. The summed E-state index contributed by atoms with van der Waals surface area (Å²) in [6.45, 7) is 7.60. The molecule has 1 aliphatic heterocycles. The molecule has 5 nitrogen and oxygen atoms in total. The lowest BCUT2D eigenvalue weighted by Gasteiger charge is -2.39. The highest BCUT2D eigenvalue weighted by Gasteiger charge is 2.33. The number of hydrogen-bond donors (Lipinski definition) is 0. The molecule has 28 heavy (non-hydrogen) atoms. The van der Waals surface area contributed by atoms with Crippen molar-refractivity contribution in [2.45, 2.75) is 43.8 Å². The third-order valence-corrected chi connectivity index (χ3v) is 7.29. The second kappa shape index (κ2) is 8.27. The normalized spacial score (nSPS) is 19.6. The maximum absolute atomic E-state index is 14.0. The lowest BCUT2D eigenvalue weighted by Crippen LogP contribution is -2.54. The van der Waals surface area contributed by atoms with Crippen LogP contribution < -0.4 is 0 Å². The number of aromatic nitrogens is 1. The summed E-state index contributed by atoms with van der Waals surface area (Å²) in [6.07, 6.45) is 4.50. The Hall–Kier alpha value is -1.83. The summed E-state index contributed by atoms with van der Waals surface area (Å²) >= 11 is 0. The molecule has 1 saturated heterocycles. The zero-order valence-corrected chi connectivity index (χ0v) is 17.5. The van der Waals surface area contributed by atoms with Crippen molar-refractivity contribution in [3.63, 3.8) is 0 Å². The summed E-state index contributed by atoms with van der Waals surface area (Å²) in [5.74, 6) is 0. The Kier molecular flexibility index (Phi) is 6.17. The Morgan fingerprint density at radius 1 is 1.11 bits per heavy atom. The standard InChI is InChI=1S/C21H28FN3O2S/c1-17-16-24(13-10-18-8-11-23-12-9-18)14-15-25(17)28(26,27)20-6-4-19(5-7-20)21(2,3)22/h4-9,11-12,17H,10,13-16H2,1-3H3/t17-/m1/s1. The maximum Gasteiger partial charge on any atom is 0.243 e. The van der Waals surface area contributed by atoms with Crippen LogP contribution in [0.25, 0.3) is 0 Å². The van der Waals surface area contributed by atoms with E-state index in [1.165, 1.54) is 31.5 Å². The Morgan fingerprint density at radius 3 is 2.32 bits per heavy atom. The number of hydrogen-bond acceptors (Lipinski definition) is 4. The van der Waals surface area contributed by atoms with E-state index in [0.717, 1.165) is 13.0 Å². The van der Waals surface area contributed by atoms with Crippen LogP contribution >= 0.6 is 0 Å². The molecule has 0 bridgehead atoms. The molecule has 1 aromatic heterocycles. The van der Waals surface area contributed by atoms with Crippen LogP contribution in [0.3, 0.4) is 0 Å². The molecule has 0 spiro atoms. The summed E-state index contributed by atoms with van der Waals surface area (Å²) in [6, 6.07) is 10.0. The molecule has 0 unspecified atom stereocenters. The van der Waals surface area contributed by atoms with Crippen LogP contribution in [0.1, 0.15) is 31.9 Å². The number of halogens is 1. The first-order valence-corrected chi connectivity index (χ1v) is 11.0. The third kappa shape index (κ3) is 4.77. The Balaban J connectivity index is 1.64. The van der Waals surface area contributed by atoms with Crippen molar-refractivity contribution in [1.82, 2.24) is 14.2 Å². The molecule has 7 heteroatoms. The fourth-order valence-electron chi connectivity index (χ4n) is 3.57. The predicted molar refractivity (Wildman–Crippen MR) is 108 cm³/mol. The molecule has 3 rings (SSSR count). The average molecular weight is 406 g/mol. The first kappa shape index (κ1) is 20.9. The summed E-state index contributed by atoms with van der Waals surface area (Å²) in [5.41, 5.74) is 0.213. The second-order valence-electron chi connectivity index (χ2n) is 7.87. The van der Waals surface area contributed by atoms with E-state index in [2.05, 4.69) is 9.88 Å². The SMILES string of the molecule is C[C@@H]1CN(CCc2ccncc2)CCN1S(=O)(=O)c1ccc(C(C)(C)F)cc1. The van der Waals surface area contributed by atoms with Gasteiger partial charge < -0.3 is 4.90 Å². The maximum atomic E-state index is 14.0. The largest absolute Gasteiger partial charge is 0.300 e. The van der Waals surface area contributed by atoms with Gasteiger partial charge in [0.2, 0.25) is 10.0 Å². The highest BCUT2D eigenvalue weighted by molar-refractivity contribution is 7.89. The van der Waals surface area contributed by atoms with E-state index in [0.29, 0.717) is 25.2 Å². The number of benzene rings is 1. The fourth-order valence-corrected chi connectivity index (χ4v) is 5.19. The molecular formula is C21H28FN3O2S. The van der Waals surface area contributed by atoms with Gasteiger partial charge >= 0.3 is 0 Å². The molecule has 0 aliphatic carbocycles. The van der Waals surface area contributed by atoms with Crippen molar-refractivity contribution in [3.8, 4) is 0 Å². The van der Waals surface area contributed by atoms with Gasteiger partial charge in [-0.3, -0.25) is 4.98 Å². The first-order chi connectivity index (χ1) is 13.2. The highest BCUT2D eigenvalue weighted by Crippen LogP contribution is 2.27. The molecule has 0 amide bonds. The Morgan fingerprint density at radius 2 is 1.75 bits per heavy atom. The molecule has 0 radical (unpaired) electrons. The minimum absolute atomic E-state index is 0.117. The van der Waals surface area contributed by atoms with Crippen molar-refractivity contribution in [3.05, 3.63) is 59.9 Å². The van der Waals surface area contributed by atoms with Gasteiger partial charge in [-0.1, -0.05) is 12.1 Å². The molecule has 1 atom stereocenters. The van der Waals surface area contributed by atoms with Crippen molar-refractivity contribution in [2.75, 3.05) is 26.2 Å². The molecule has 1 aromatic carbocycles. The number of rotatable bonds is 6. The molecule has 0 saturated carbocycles. The van der Waals surface area contributed by atoms with Gasteiger partial charge in [-0.05, 0) is 62.6 Å². The highest BCUT2D eigenvalue weighted by atomic mass is 32.2. The van der Waals surface area contributed by atoms with Crippen LogP contribution in [0, 0.1) is 0 Å². The average Bonchev–Trinajstić information content (AvgIpc) is 2.66. The van der Waals surface area contributed by atoms with Gasteiger partial charge in [0, 0.05) is 44.6 Å². The van der Waals surface area contributed by atoms with Crippen molar-refractivity contribution in [2.24, 2.45) is 0 Å². The fraction of sp³-hybridized carbons (Fsp3) is 0.476. The lowest BCUT2D eigenvalue weighted by atomic mass is 10.0. The van der Waals surface area contributed by atoms with E-state index in [1.54, 1.807) is 28.8 Å². The van der Waals surface area contributed by atoms with Crippen molar-refractivity contribution in [1.29, 1.82) is 0 Å². The van der Waals surface area contributed by atoms with Gasteiger partial charge in [-0.15, -0.1) is 0 Å². The smallest absolute Gasteiger partial charge is 0.243 e. The van der Waals surface area contributed by atoms with Crippen LogP contribution in [0.4, 0.5) is 4.39 Å². The van der Waals surface area contributed by atoms with E-state index >= 15 is 0 Å². The lowest BCUT2D eigenvalue weighted by molar-refractivity contribution is 0.145. The van der Waals surface area contributed by atoms with Crippen molar-refractivity contribution < 1.29 is 12.8 Å². The Labute approximate surface area is 167 Å². The summed E-state index contributed by atoms with van der Waals surface area (Å²) in [7, 11) is -3.59. The summed E-state index contributed by atoms with van der Waals surface area (Å²) in [4.78, 5) is 6.55. The van der Waals surface area contributed by atoms with E-state index in [-0.39, 0.29) is 10.9 Å². The van der Waals surface area contributed by atoms with E-state index < -0.39 is 15.7 Å². The Bertz CT molecular complexity index is 880. The quantitative estimate of drug-likeness (QED) is 0.741. The topological polar surface area (TPSA) is 53.5 Å². The van der Waals surface area contributed by atoms with Gasteiger partial charge in [-0.2, -0.15) is 4.31 Å². The van der Waals surface area contributed by atoms with Crippen LogP contribution in [0.2, 0.25) is 0 Å². The van der Waals surface area contributed by atoms with Gasteiger partial charge in [0.1, 0.15) is 5.67 Å². The van der Waals surface area contributed by atoms with E-state index in [9.17, 15) is 12.8 Å². The van der Waals surface area contributed by atoms with Gasteiger partial charge in [0.25, 0.3) is 0 Å². The monoisotopic (exact) mass is 405 g/mol. The molecule has 0 N–H and O–H groups in total. The zero-order chi connectivity index (χ0) is 20.4. The summed E-state index contributed by atoms with van der Waals surface area (Å²) < 4.78 is 41.7. The molecule has 152 valence electrons. The van der Waals surface area contributed by atoms with E-state index in [1.807, 2.05) is 19.1 Å². The van der Waals surface area contributed by atoms with Crippen LogP contribution in [-0.4, -0.2) is 54.8 Å². The molecule has 2 aromatic rings. The predicted octanol–water partition coefficient (Wildman–Crippen LogP) is 3.22. The van der Waals surface area contributed by atoms with Crippen LogP contribution in [0.15, 0.2) is 53.7 Å². The third-order valence-electron chi connectivity index (χ3n) is 5.26. The number of pyridine rings is 1. The second-order valence-corrected chi connectivity index (χ2v) is 9.76. The first-order valence-electron chi connectivity index (χ1n) is 9.60. The van der Waals surface area contributed by atoms with Crippen LogP contribution in [-0.2, 0) is 22.1 Å². The molecular weight excluding hydrogens is 377 g/mol. The van der Waals surface area contributed by atoms with Gasteiger partial charge in [0.05, 0.1) is 4.90 Å². The van der Waals surface area contributed by atoms with Gasteiger partial charge in [0.15, 0.2) is 0 Å². The van der Waals surface area contributed by atoms with E-state index in [4.69, 9.17) is 0 Å². The number of piperazine rings is 1. The zero-order valence-electron chi connectivity index (χ0n) is 16.7. The van der Waals surface area contributed by atoms with Crippen molar-refractivity contribution >= 4 is 10.0 Å². The minimum Gasteiger partial charge on any atom is -0.300 e. The molecule has 1 aliphatic rings.